The Balaban J connectivity index is 2.17. The fourth-order valence-electron chi connectivity index (χ4n) is 3.58. The Morgan fingerprint density at radius 2 is 1.96 bits per heavy atom. The number of esters is 1. The highest BCUT2D eigenvalue weighted by Gasteiger charge is 2.44. The van der Waals surface area contributed by atoms with Gasteiger partial charge < -0.3 is 15.2 Å². The second-order valence-corrected chi connectivity index (χ2v) is 8.28. The van der Waals surface area contributed by atoms with Crippen molar-refractivity contribution in [1.29, 1.82) is 0 Å². The standard InChI is InChI=1S/C20H22BrNO4/c1-4-25-19(24)17-15(11-5-7-12(21)8-6-11)16-13(23)9-20(2,3)10-14(16)26-18(17)22/h5-8,15H,4,9-10,22H2,1-3H3/t15-/m1/s1. The van der Waals surface area contributed by atoms with Crippen LogP contribution in [0.2, 0.25) is 0 Å². The van der Waals surface area contributed by atoms with Gasteiger partial charge >= 0.3 is 5.97 Å². The van der Waals surface area contributed by atoms with Crippen LogP contribution in [0.25, 0.3) is 0 Å². The van der Waals surface area contributed by atoms with Gasteiger partial charge in [0.15, 0.2) is 5.78 Å². The molecule has 1 aromatic carbocycles. The average Bonchev–Trinajstić information content (AvgIpc) is 2.53. The summed E-state index contributed by atoms with van der Waals surface area (Å²) in [6, 6.07) is 7.51. The van der Waals surface area contributed by atoms with Crippen LogP contribution in [0.1, 0.15) is 45.1 Å². The monoisotopic (exact) mass is 419 g/mol. The van der Waals surface area contributed by atoms with Crippen molar-refractivity contribution in [3.8, 4) is 0 Å². The van der Waals surface area contributed by atoms with Gasteiger partial charge in [-0.25, -0.2) is 4.79 Å². The molecule has 1 aromatic rings. The first kappa shape index (κ1) is 18.7. The Morgan fingerprint density at radius 1 is 1.31 bits per heavy atom. The Kier molecular flexibility index (Phi) is 4.97. The molecule has 2 aliphatic rings. The van der Waals surface area contributed by atoms with Crippen molar-refractivity contribution in [2.24, 2.45) is 11.1 Å². The van der Waals surface area contributed by atoms with Gasteiger partial charge in [-0.3, -0.25) is 4.79 Å². The maximum absolute atomic E-state index is 13.0. The average molecular weight is 420 g/mol. The summed E-state index contributed by atoms with van der Waals surface area (Å²) in [7, 11) is 0. The minimum Gasteiger partial charge on any atom is -0.462 e. The molecule has 0 spiro atoms. The minimum absolute atomic E-state index is 0.0145. The summed E-state index contributed by atoms with van der Waals surface area (Å²) < 4.78 is 11.9. The summed E-state index contributed by atoms with van der Waals surface area (Å²) in [5.41, 5.74) is 7.43. The number of ether oxygens (including phenoxy) is 2. The third kappa shape index (κ3) is 3.43. The topological polar surface area (TPSA) is 78.6 Å². The van der Waals surface area contributed by atoms with Crippen LogP contribution in [0.5, 0.6) is 0 Å². The summed E-state index contributed by atoms with van der Waals surface area (Å²) in [5, 5.41) is 0. The first-order chi connectivity index (χ1) is 12.2. The smallest absolute Gasteiger partial charge is 0.340 e. The van der Waals surface area contributed by atoms with Crippen LogP contribution >= 0.6 is 15.9 Å². The van der Waals surface area contributed by atoms with Gasteiger partial charge in [0.05, 0.1) is 12.5 Å². The molecule has 5 nitrogen and oxygen atoms in total. The molecule has 0 radical (unpaired) electrons. The number of benzene rings is 1. The van der Waals surface area contributed by atoms with Gasteiger partial charge in [-0.2, -0.15) is 0 Å². The highest BCUT2D eigenvalue weighted by Crippen LogP contribution is 2.48. The van der Waals surface area contributed by atoms with E-state index in [2.05, 4.69) is 15.9 Å². The lowest BCUT2D eigenvalue weighted by atomic mass is 9.70. The van der Waals surface area contributed by atoms with Crippen LogP contribution in [0, 0.1) is 5.41 Å². The largest absolute Gasteiger partial charge is 0.462 e. The summed E-state index contributed by atoms with van der Waals surface area (Å²) >= 11 is 3.41. The van der Waals surface area contributed by atoms with E-state index in [1.54, 1.807) is 6.92 Å². The number of carbonyl (C=O) groups excluding carboxylic acids is 2. The fourth-order valence-corrected chi connectivity index (χ4v) is 3.85. The number of rotatable bonds is 3. The number of nitrogens with two attached hydrogens (primary N) is 1. The van der Waals surface area contributed by atoms with E-state index in [-0.39, 0.29) is 29.3 Å². The second kappa shape index (κ2) is 6.91. The van der Waals surface area contributed by atoms with Crippen molar-refractivity contribution >= 4 is 27.7 Å². The zero-order chi connectivity index (χ0) is 19.1. The third-order valence-corrected chi connectivity index (χ3v) is 5.18. The molecule has 6 heteroatoms. The van der Waals surface area contributed by atoms with Crippen LogP contribution in [0.15, 0.2) is 51.5 Å². The van der Waals surface area contributed by atoms with E-state index < -0.39 is 11.9 Å². The first-order valence-electron chi connectivity index (χ1n) is 8.60. The maximum Gasteiger partial charge on any atom is 0.340 e. The van der Waals surface area contributed by atoms with Crippen LogP contribution < -0.4 is 5.73 Å². The Labute approximate surface area is 161 Å². The van der Waals surface area contributed by atoms with Gasteiger partial charge in [0.1, 0.15) is 11.3 Å². The van der Waals surface area contributed by atoms with Gasteiger partial charge in [0.2, 0.25) is 5.88 Å². The quantitative estimate of drug-likeness (QED) is 0.750. The lowest BCUT2D eigenvalue weighted by Gasteiger charge is -2.37. The van der Waals surface area contributed by atoms with Crippen molar-refractivity contribution in [3.63, 3.8) is 0 Å². The van der Waals surface area contributed by atoms with Crippen molar-refractivity contribution in [2.75, 3.05) is 6.61 Å². The Bertz CT molecular complexity index is 821. The molecule has 0 amide bonds. The molecule has 138 valence electrons. The van der Waals surface area contributed by atoms with Gasteiger partial charge in [0, 0.05) is 22.9 Å². The number of ketones is 1. The molecule has 1 aliphatic carbocycles. The maximum atomic E-state index is 13.0. The Hall–Kier alpha value is -2.08. The molecule has 3 rings (SSSR count). The second-order valence-electron chi connectivity index (χ2n) is 7.36. The third-order valence-electron chi connectivity index (χ3n) is 4.65. The zero-order valence-corrected chi connectivity index (χ0v) is 16.7. The molecule has 1 heterocycles. The van der Waals surface area contributed by atoms with Crippen LogP contribution in [0.4, 0.5) is 0 Å². The van der Waals surface area contributed by atoms with Crippen LogP contribution in [0.3, 0.4) is 0 Å². The highest BCUT2D eigenvalue weighted by atomic mass is 79.9. The van der Waals surface area contributed by atoms with Gasteiger partial charge in [0.25, 0.3) is 0 Å². The van der Waals surface area contributed by atoms with E-state index in [0.29, 0.717) is 24.2 Å². The molecule has 0 aromatic heterocycles. The van der Waals surface area contributed by atoms with Crippen molar-refractivity contribution in [2.45, 2.75) is 39.5 Å². The molecule has 26 heavy (non-hydrogen) atoms. The van der Waals surface area contributed by atoms with E-state index in [1.807, 2.05) is 38.1 Å². The van der Waals surface area contributed by atoms with Gasteiger partial charge in [-0.1, -0.05) is 41.9 Å². The molecule has 0 bridgehead atoms. The molecule has 0 saturated heterocycles. The normalized spacial score (nSPS) is 22.0. The molecule has 0 saturated carbocycles. The molecular weight excluding hydrogens is 398 g/mol. The number of halogens is 1. The van der Waals surface area contributed by atoms with Crippen LogP contribution in [-0.4, -0.2) is 18.4 Å². The predicted octanol–water partition coefficient (Wildman–Crippen LogP) is 3.94. The summed E-state index contributed by atoms with van der Waals surface area (Å²) in [6.07, 6.45) is 0.996. The van der Waals surface area contributed by atoms with Crippen LogP contribution in [-0.2, 0) is 19.1 Å². The molecular formula is C20H22BrNO4. The fraction of sp³-hybridized carbons (Fsp3) is 0.400. The molecule has 0 fully saturated rings. The van der Waals surface area contributed by atoms with E-state index in [0.717, 1.165) is 10.0 Å². The van der Waals surface area contributed by atoms with E-state index in [4.69, 9.17) is 15.2 Å². The zero-order valence-electron chi connectivity index (χ0n) is 15.1. The predicted molar refractivity (Wildman–Crippen MR) is 101 cm³/mol. The molecule has 2 N–H and O–H groups in total. The van der Waals surface area contributed by atoms with Crippen molar-refractivity contribution in [1.82, 2.24) is 0 Å². The lowest BCUT2D eigenvalue weighted by Crippen LogP contribution is -2.35. The summed E-state index contributed by atoms with van der Waals surface area (Å²) in [4.78, 5) is 25.5. The minimum atomic E-state index is -0.575. The Morgan fingerprint density at radius 3 is 2.58 bits per heavy atom. The summed E-state index contributed by atoms with van der Waals surface area (Å²) in [5.74, 6) is -0.569. The summed E-state index contributed by atoms with van der Waals surface area (Å²) in [6.45, 7) is 5.99. The van der Waals surface area contributed by atoms with E-state index in [1.165, 1.54) is 0 Å². The van der Waals surface area contributed by atoms with Gasteiger partial charge in [-0.15, -0.1) is 0 Å². The number of hydrogen-bond acceptors (Lipinski definition) is 5. The molecule has 1 aliphatic heterocycles. The van der Waals surface area contributed by atoms with Gasteiger partial charge in [-0.05, 0) is 30.0 Å². The highest BCUT2D eigenvalue weighted by molar-refractivity contribution is 9.10. The van der Waals surface area contributed by atoms with Crippen molar-refractivity contribution < 1.29 is 19.1 Å². The number of Topliss-reactive ketones (excluding diaryl/α,β-unsaturated/α-hetero) is 1. The first-order valence-corrected chi connectivity index (χ1v) is 9.39. The van der Waals surface area contributed by atoms with E-state index >= 15 is 0 Å². The molecule has 0 unspecified atom stereocenters. The van der Waals surface area contributed by atoms with E-state index in [9.17, 15) is 9.59 Å². The SMILES string of the molecule is CCOC(=O)C1=C(N)OC2=C(C(=O)CC(C)(C)C2)[C@H]1c1ccc(Br)cc1. The van der Waals surface area contributed by atoms with Crippen molar-refractivity contribution in [3.05, 3.63) is 57.1 Å². The number of hydrogen-bond donors (Lipinski definition) is 1. The lowest BCUT2D eigenvalue weighted by molar-refractivity contribution is -0.139. The molecule has 1 atom stereocenters. The number of allylic oxidation sites excluding steroid dienone is 2. The number of carbonyl (C=O) groups is 2.